The zero-order valence-electron chi connectivity index (χ0n) is 15.8. The van der Waals surface area contributed by atoms with E-state index in [1.165, 1.54) is 34.0 Å². The van der Waals surface area contributed by atoms with E-state index in [1.54, 1.807) is 16.2 Å². The molecule has 1 aromatic heterocycles. The van der Waals surface area contributed by atoms with Gasteiger partial charge < -0.3 is 4.90 Å². The maximum absolute atomic E-state index is 12.9. The highest BCUT2D eigenvalue weighted by Gasteiger charge is 2.41. The molecule has 0 aromatic carbocycles. The van der Waals surface area contributed by atoms with E-state index in [9.17, 15) is 21.6 Å². The van der Waals surface area contributed by atoms with Crippen LogP contribution in [0.1, 0.15) is 45.8 Å². The molecule has 28 heavy (non-hydrogen) atoms. The van der Waals surface area contributed by atoms with Crippen LogP contribution < -0.4 is 0 Å². The van der Waals surface area contributed by atoms with Crippen LogP contribution in [-0.2, 0) is 32.7 Å². The molecule has 0 N–H and O–H groups in total. The van der Waals surface area contributed by atoms with Crippen LogP contribution in [0.2, 0.25) is 0 Å². The van der Waals surface area contributed by atoms with E-state index in [-0.39, 0.29) is 36.9 Å². The first-order valence-corrected chi connectivity index (χ1v) is 14.0. The highest BCUT2D eigenvalue weighted by Crippen LogP contribution is 2.30. The number of fused-ring (bicyclic) bond motifs is 1. The van der Waals surface area contributed by atoms with Gasteiger partial charge in [-0.05, 0) is 43.7 Å². The zero-order chi connectivity index (χ0) is 19.9. The van der Waals surface area contributed by atoms with Crippen molar-refractivity contribution in [1.29, 1.82) is 0 Å². The first-order valence-electron chi connectivity index (χ1n) is 9.86. The lowest BCUT2D eigenvalue weighted by atomic mass is 10.1. The number of aryl methyl sites for hydroxylation is 2. The molecule has 0 spiro atoms. The average molecular weight is 447 g/mol. The SMILES string of the molecule is O=C(c1cc2c(s1)CCCCC2)N1CCN(S(=O)(=O)C2CCS(=O)(=O)C2)CC1. The minimum absolute atomic E-state index is 0.0152. The summed E-state index contributed by atoms with van der Waals surface area (Å²) in [4.78, 5) is 16.7. The standard InChI is InChI=1S/C18H26N2O5S3/c21-18(17-12-14-4-2-1-3-5-16(14)26-17)19-7-9-20(10-8-19)28(24,25)15-6-11-27(22,23)13-15/h12,15H,1-11,13H2. The minimum atomic E-state index is -3.63. The Kier molecular flexibility index (Phi) is 5.58. The molecular formula is C18H26N2O5S3. The fourth-order valence-corrected chi connectivity index (χ4v) is 10.0. The third-order valence-electron chi connectivity index (χ3n) is 5.96. The van der Waals surface area contributed by atoms with Crippen LogP contribution in [0.3, 0.4) is 0 Å². The Balaban J connectivity index is 1.39. The molecule has 1 unspecified atom stereocenters. The van der Waals surface area contributed by atoms with Crippen LogP contribution in [-0.4, -0.2) is 74.9 Å². The number of sulfonamides is 1. The summed E-state index contributed by atoms with van der Waals surface area (Å²) in [5.74, 6) is -0.355. The number of nitrogens with zero attached hydrogens (tertiary/aromatic N) is 2. The first kappa shape index (κ1) is 20.3. The fourth-order valence-electron chi connectivity index (χ4n) is 4.28. The van der Waals surface area contributed by atoms with Crippen LogP contribution in [0.5, 0.6) is 0 Å². The third-order valence-corrected chi connectivity index (χ3v) is 11.5. The van der Waals surface area contributed by atoms with Crippen molar-refractivity contribution in [2.45, 2.75) is 43.8 Å². The van der Waals surface area contributed by atoms with Gasteiger partial charge in [-0.15, -0.1) is 11.3 Å². The first-order chi connectivity index (χ1) is 13.3. The van der Waals surface area contributed by atoms with Gasteiger partial charge in [0.2, 0.25) is 10.0 Å². The van der Waals surface area contributed by atoms with E-state index in [0.29, 0.717) is 13.1 Å². The van der Waals surface area contributed by atoms with Gasteiger partial charge in [0.25, 0.3) is 5.91 Å². The summed E-state index contributed by atoms with van der Waals surface area (Å²) in [5, 5.41) is -0.840. The molecule has 2 aliphatic heterocycles. The summed E-state index contributed by atoms with van der Waals surface area (Å²) in [6.07, 6.45) is 5.84. The van der Waals surface area contributed by atoms with Crippen molar-refractivity contribution < 1.29 is 21.6 Å². The number of carbonyl (C=O) groups excluding carboxylic acids is 1. The minimum Gasteiger partial charge on any atom is -0.335 e. The van der Waals surface area contributed by atoms with Gasteiger partial charge >= 0.3 is 0 Å². The maximum atomic E-state index is 12.9. The molecule has 1 atom stereocenters. The van der Waals surface area contributed by atoms with Gasteiger partial charge in [0.15, 0.2) is 9.84 Å². The van der Waals surface area contributed by atoms with Gasteiger partial charge in [-0.2, -0.15) is 4.31 Å². The lowest BCUT2D eigenvalue weighted by molar-refractivity contribution is 0.0702. The number of hydrogen-bond acceptors (Lipinski definition) is 6. The monoisotopic (exact) mass is 446 g/mol. The van der Waals surface area contributed by atoms with E-state index in [2.05, 4.69) is 0 Å². The molecule has 3 aliphatic rings. The molecular weight excluding hydrogens is 420 g/mol. The molecule has 2 saturated heterocycles. The van der Waals surface area contributed by atoms with Gasteiger partial charge in [-0.25, -0.2) is 16.8 Å². The molecule has 0 radical (unpaired) electrons. The summed E-state index contributed by atoms with van der Waals surface area (Å²) >= 11 is 1.59. The number of piperazine rings is 1. The van der Waals surface area contributed by atoms with Crippen LogP contribution in [0.15, 0.2) is 6.07 Å². The normalized spacial score (nSPS) is 26.0. The number of sulfone groups is 1. The van der Waals surface area contributed by atoms with E-state index in [4.69, 9.17) is 0 Å². The number of hydrogen-bond donors (Lipinski definition) is 0. The molecule has 3 heterocycles. The fraction of sp³-hybridized carbons (Fsp3) is 0.722. The van der Waals surface area contributed by atoms with E-state index < -0.39 is 25.1 Å². The number of thiophene rings is 1. The molecule has 7 nitrogen and oxygen atoms in total. The number of rotatable bonds is 3. The van der Waals surface area contributed by atoms with Gasteiger partial charge in [-0.1, -0.05) is 6.42 Å². The molecule has 1 amide bonds. The second-order valence-corrected chi connectivity index (χ2v) is 13.5. The molecule has 1 aromatic rings. The largest absolute Gasteiger partial charge is 0.335 e. The average Bonchev–Trinajstić information content (AvgIpc) is 3.17. The van der Waals surface area contributed by atoms with Gasteiger partial charge in [-0.3, -0.25) is 4.79 Å². The molecule has 156 valence electrons. The summed E-state index contributed by atoms with van der Waals surface area (Å²) in [5.41, 5.74) is 1.30. The van der Waals surface area contributed by atoms with Crippen molar-refractivity contribution in [3.63, 3.8) is 0 Å². The molecule has 1 aliphatic carbocycles. The second kappa shape index (κ2) is 7.70. The quantitative estimate of drug-likeness (QED) is 0.653. The van der Waals surface area contributed by atoms with Crippen molar-refractivity contribution in [2.24, 2.45) is 0 Å². The molecule has 0 saturated carbocycles. The van der Waals surface area contributed by atoms with Crippen LogP contribution in [0, 0.1) is 0 Å². The van der Waals surface area contributed by atoms with Crippen molar-refractivity contribution in [3.8, 4) is 0 Å². The summed E-state index contributed by atoms with van der Waals surface area (Å²) < 4.78 is 50.1. The van der Waals surface area contributed by atoms with Crippen molar-refractivity contribution in [3.05, 3.63) is 21.4 Å². The molecule has 4 rings (SSSR count). The van der Waals surface area contributed by atoms with Gasteiger partial charge in [0.1, 0.15) is 0 Å². The Morgan fingerprint density at radius 1 is 1.07 bits per heavy atom. The van der Waals surface area contributed by atoms with Gasteiger partial charge in [0.05, 0.1) is 21.6 Å². The van der Waals surface area contributed by atoms with Crippen LogP contribution >= 0.6 is 11.3 Å². The maximum Gasteiger partial charge on any atom is 0.264 e. The number of carbonyl (C=O) groups is 1. The highest BCUT2D eigenvalue weighted by atomic mass is 32.2. The number of amides is 1. The predicted molar refractivity (Wildman–Crippen MR) is 109 cm³/mol. The van der Waals surface area contributed by atoms with Crippen molar-refractivity contribution in [2.75, 3.05) is 37.7 Å². The Labute approximate surface area is 170 Å². The predicted octanol–water partition coefficient (Wildman–Crippen LogP) is 1.29. The third kappa shape index (κ3) is 4.01. The highest BCUT2D eigenvalue weighted by molar-refractivity contribution is 7.95. The van der Waals surface area contributed by atoms with Crippen LogP contribution in [0.25, 0.3) is 0 Å². The smallest absolute Gasteiger partial charge is 0.264 e. The lowest BCUT2D eigenvalue weighted by Gasteiger charge is -2.35. The van der Waals surface area contributed by atoms with E-state index in [1.807, 2.05) is 6.07 Å². The Bertz CT molecular complexity index is 936. The molecule has 0 bridgehead atoms. The Hall–Kier alpha value is -0.970. The topological polar surface area (TPSA) is 91.8 Å². The van der Waals surface area contributed by atoms with Crippen molar-refractivity contribution in [1.82, 2.24) is 9.21 Å². The Morgan fingerprint density at radius 3 is 2.46 bits per heavy atom. The molecule has 2 fully saturated rings. The Morgan fingerprint density at radius 2 is 1.79 bits per heavy atom. The van der Waals surface area contributed by atoms with E-state index >= 15 is 0 Å². The lowest BCUT2D eigenvalue weighted by Crippen LogP contribution is -2.52. The van der Waals surface area contributed by atoms with Crippen molar-refractivity contribution >= 4 is 37.1 Å². The summed E-state index contributed by atoms with van der Waals surface area (Å²) in [7, 11) is -6.88. The van der Waals surface area contributed by atoms with Crippen LogP contribution in [0.4, 0.5) is 0 Å². The van der Waals surface area contributed by atoms with E-state index in [0.717, 1.165) is 17.7 Å². The molecule has 10 heteroatoms. The second-order valence-electron chi connectivity index (χ2n) is 7.88. The zero-order valence-corrected chi connectivity index (χ0v) is 18.2. The van der Waals surface area contributed by atoms with Gasteiger partial charge in [0, 0.05) is 31.1 Å². The summed E-state index contributed by atoms with van der Waals surface area (Å²) in [6.45, 7) is 1.16. The summed E-state index contributed by atoms with van der Waals surface area (Å²) in [6, 6.07) is 2.03.